The second kappa shape index (κ2) is 5.54. The molecule has 0 spiro atoms. The average molecular weight is 298 g/mol. The number of halogens is 1. The molecule has 0 amide bonds. The molecular formula is C12H12ClN3O2S. The van der Waals surface area contributed by atoms with Crippen molar-refractivity contribution >= 4 is 29.2 Å². The van der Waals surface area contributed by atoms with Crippen LogP contribution in [0.5, 0.6) is 0 Å². The van der Waals surface area contributed by atoms with E-state index in [1.165, 1.54) is 11.8 Å². The minimum Gasteiger partial charge on any atom is -0.436 e. The lowest BCUT2D eigenvalue weighted by Crippen LogP contribution is -2.12. The highest BCUT2D eigenvalue weighted by Crippen LogP contribution is 2.34. The summed E-state index contributed by atoms with van der Waals surface area (Å²) in [4.78, 5) is 5.06. The van der Waals surface area contributed by atoms with Gasteiger partial charge in [0.1, 0.15) is 5.76 Å². The van der Waals surface area contributed by atoms with Gasteiger partial charge in [0.2, 0.25) is 0 Å². The number of benzene rings is 1. The lowest BCUT2D eigenvalue weighted by molar-refractivity contribution is 0.318. The zero-order chi connectivity index (χ0) is 14.0. The molecule has 0 bridgehead atoms. The van der Waals surface area contributed by atoms with Crippen LogP contribution in [0.4, 0.5) is 0 Å². The number of oxime groups is 1. The van der Waals surface area contributed by atoms with E-state index in [1.807, 2.05) is 13.8 Å². The van der Waals surface area contributed by atoms with Crippen molar-refractivity contribution < 1.29 is 9.62 Å². The second-order valence-corrected chi connectivity index (χ2v) is 5.25. The number of amidine groups is 1. The molecule has 0 aliphatic carbocycles. The van der Waals surface area contributed by atoms with E-state index in [9.17, 15) is 0 Å². The lowest BCUT2D eigenvalue weighted by Gasteiger charge is -2.03. The summed E-state index contributed by atoms with van der Waals surface area (Å²) in [5.74, 6) is 0.799. The molecule has 0 saturated carbocycles. The van der Waals surface area contributed by atoms with Gasteiger partial charge in [0.25, 0.3) is 5.22 Å². The molecule has 1 aromatic heterocycles. The zero-order valence-electron chi connectivity index (χ0n) is 10.3. The fourth-order valence-corrected chi connectivity index (χ4v) is 2.51. The molecule has 0 aliphatic rings. The number of oxazole rings is 1. The lowest BCUT2D eigenvalue weighted by atomic mass is 10.2. The first-order valence-corrected chi connectivity index (χ1v) is 6.60. The topological polar surface area (TPSA) is 84.6 Å². The van der Waals surface area contributed by atoms with E-state index in [0.717, 1.165) is 16.3 Å². The fraction of sp³-hybridized carbons (Fsp3) is 0.167. The predicted octanol–water partition coefficient (Wildman–Crippen LogP) is 3.19. The third kappa shape index (κ3) is 3.02. The Labute approximate surface area is 119 Å². The standard InChI is InChI=1S/C12H12ClN3O2S/c1-6-7(2)18-12(15-6)19-10-4-3-8(5-9(10)13)11(14)16-17/h3-5,17H,1-2H3,(H2,14,16). The van der Waals surface area contributed by atoms with Crippen LogP contribution in [0.3, 0.4) is 0 Å². The van der Waals surface area contributed by atoms with Crippen LogP contribution >= 0.6 is 23.4 Å². The third-order valence-electron chi connectivity index (χ3n) is 2.54. The van der Waals surface area contributed by atoms with Crippen LogP contribution < -0.4 is 5.73 Å². The van der Waals surface area contributed by atoms with Crippen LogP contribution in [-0.4, -0.2) is 16.0 Å². The van der Waals surface area contributed by atoms with E-state index >= 15 is 0 Å². The van der Waals surface area contributed by atoms with Gasteiger partial charge in [-0.1, -0.05) is 16.8 Å². The number of nitrogens with two attached hydrogens (primary N) is 1. The molecule has 0 fully saturated rings. The van der Waals surface area contributed by atoms with Crippen molar-refractivity contribution in [3.8, 4) is 0 Å². The maximum Gasteiger partial charge on any atom is 0.261 e. The normalized spacial score (nSPS) is 11.8. The van der Waals surface area contributed by atoms with Gasteiger partial charge in [0, 0.05) is 10.5 Å². The number of aryl methyl sites for hydroxylation is 2. The second-order valence-electron chi connectivity index (χ2n) is 3.85. The first-order chi connectivity index (χ1) is 9.01. The van der Waals surface area contributed by atoms with E-state index < -0.39 is 0 Å². The quantitative estimate of drug-likeness (QED) is 0.393. The summed E-state index contributed by atoms with van der Waals surface area (Å²) in [6, 6.07) is 5.11. The highest BCUT2D eigenvalue weighted by molar-refractivity contribution is 7.99. The Bertz CT molecular complexity index is 620. The van der Waals surface area contributed by atoms with Gasteiger partial charge in [-0.3, -0.25) is 0 Å². The van der Waals surface area contributed by atoms with Crippen molar-refractivity contribution in [2.24, 2.45) is 10.9 Å². The molecule has 2 rings (SSSR count). The van der Waals surface area contributed by atoms with Gasteiger partial charge in [-0.25, -0.2) is 4.98 Å². The minimum absolute atomic E-state index is 0.0151. The maximum atomic E-state index is 8.61. The molecule has 2 aromatic rings. The van der Waals surface area contributed by atoms with Crippen LogP contribution in [0, 0.1) is 13.8 Å². The summed E-state index contributed by atoms with van der Waals surface area (Å²) in [7, 11) is 0. The van der Waals surface area contributed by atoms with Crippen molar-refractivity contribution in [1.29, 1.82) is 0 Å². The SMILES string of the molecule is Cc1nc(Sc2ccc(/C(N)=N/O)cc2Cl)oc1C. The third-order valence-corrected chi connectivity index (χ3v) is 3.89. The van der Waals surface area contributed by atoms with Crippen molar-refractivity contribution in [3.63, 3.8) is 0 Å². The summed E-state index contributed by atoms with van der Waals surface area (Å²) in [5, 5.41) is 12.6. The molecule has 0 atom stereocenters. The molecule has 0 aliphatic heterocycles. The minimum atomic E-state index is 0.0151. The highest BCUT2D eigenvalue weighted by Gasteiger charge is 2.11. The molecule has 100 valence electrons. The summed E-state index contributed by atoms with van der Waals surface area (Å²) in [6.45, 7) is 3.74. The fourth-order valence-electron chi connectivity index (χ4n) is 1.38. The van der Waals surface area contributed by atoms with Gasteiger partial charge >= 0.3 is 0 Å². The Morgan fingerprint density at radius 2 is 2.21 bits per heavy atom. The summed E-state index contributed by atoms with van der Waals surface area (Å²) in [5.41, 5.74) is 6.90. The van der Waals surface area contributed by atoms with Crippen LogP contribution in [-0.2, 0) is 0 Å². The molecule has 1 heterocycles. The van der Waals surface area contributed by atoms with Crippen molar-refractivity contribution in [2.75, 3.05) is 0 Å². The van der Waals surface area contributed by atoms with Gasteiger partial charge < -0.3 is 15.4 Å². The number of hydrogen-bond donors (Lipinski definition) is 2. The Kier molecular flexibility index (Phi) is 4.01. The Hall–Kier alpha value is -1.66. The van der Waals surface area contributed by atoms with E-state index in [-0.39, 0.29) is 5.84 Å². The van der Waals surface area contributed by atoms with Gasteiger partial charge in [-0.15, -0.1) is 0 Å². The van der Waals surface area contributed by atoms with Gasteiger partial charge in [0.05, 0.1) is 10.7 Å². The van der Waals surface area contributed by atoms with Gasteiger partial charge in [0.15, 0.2) is 5.84 Å². The van der Waals surface area contributed by atoms with E-state index in [0.29, 0.717) is 15.8 Å². The highest BCUT2D eigenvalue weighted by atomic mass is 35.5. The molecule has 3 N–H and O–H groups in total. The maximum absolute atomic E-state index is 8.61. The summed E-state index contributed by atoms with van der Waals surface area (Å²) in [6.07, 6.45) is 0. The monoisotopic (exact) mass is 297 g/mol. The van der Waals surface area contributed by atoms with Crippen LogP contribution in [0.2, 0.25) is 5.02 Å². The van der Waals surface area contributed by atoms with E-state index in [1.54, 1.807) is 18.2 Å². The van der Waals surface area contributed by atoms with E-state index in [4.69, 9.17) is 27.0 Å². The van der Waals surface area contributed by atoms with Gasteiger partial charge in [-0.2, -0.15) is 0 Å². The molecule has 7 heteroatoms. The first-order valence-electron chi connectivity index (χ1n) is 5.40. The number of nitrogens with zero attached hydrogens (tertiary/aromatic N) is 2. The van der Waals surface area contributed by atoms with Crippen LogP contribution in [0.15, 0.2) is 37.9 Å². The van der Waals surface area contributed by atoms with Crippen molar-refractivity contribution in [3.05, 3.63) is 40.2 Å². The van der Waals surface area contributed by atoms with Crippen molar-refractivity contribution in [2.45, 2.75) is 24.0 Å². The van der Waals surface area contributed by atoms with Crippen molar-refractivity contribution in [1.82, 2.24) is 4.98 Å². The predicted molar refractivity (Wildman–Crippen MR) is 74.1 cm³/mol. The summed E-state index contributed by atoms with van der Waals surface area (Å²) < 4.78 is 5.48. The molecule has 0 radical (unpaired) electrons. The number of rotatable bonds is 3. The van der Waals surface area contributed by atoms with Crippen LogP contribution in [0.25, 0.3) is 0 Å². The molecule has 19 heavy (non-hydrogen) atoms. The number of aromatic nitrogens is 1. The average Bonchev–Trinajstić information content (AvgIpc) is 2.70. The molecule has 0 unspecified atom stereocenters. The zero-order valence-corrected chi connectivity index (χ0v) is 11.9. The molecule has 5 nitrogen and oxygen atoms in total. The smallest absolute Gasteiger partial charge is 0.261 e. The molecular weight excluding hydrogens is 286 g/mol. The Morgan fingerprint density at radius 3 is 2.74 bits per heavy atom. The van der Waals surface area contributed by atoms with Crippen LogP contribution in [0.1, 0.15) is 17.0 Å². The van der Waals surface area contributed by atoms with Gasteiger partial charge in [-0.05, 0) is 43.8 Å². The largest absolute Gasteiger partial charge is 0.436 e. The molecule has 1 aromatic carbocycles. The number of hydrogen-bond acceptors (Lipinski definition) is 5. The Balaban J connectivity index is 2.26. The molecule has 0 saturated heterocycles. The van der Waals surface area contributed by atoms with E-state index in [2.05, 4.69) is 10.1 Å². The first kappa shape index (κ1) is 13.8. The Morgan fingerprint density at radius 1 is 1.47 bits per heavy atom. The summed E-state index contributed by atoms with van der Waals surface area (Å²) >= 11 is 7.47.